The van der Waals surface area contributed by atoms with Gasteiger partial charge in [-0.15, -0.1) is 0 Å². The van der Waals surface area contributed by atoms with Gasteiger partial charge in [-0.05, 0) is 38.5 Å². The van der Waals surface area contributed by atoms with Gasteiger partial charge >= 0.3 is 0 Å². The van der Waals surface area contributed by atoms with Crippen LogP contribution in [0, 0.1) is 25.6 Å². The van der Waals surface area contributed by atoms with Crippen LogP contribution in [0.1, 0.15) is 37.1 Å². The normalized spacial score (nSPS) is 20.4. The summed E-state index contributed by atoms with van der Waals surface area (Å²) in [4.78, 5) is 22.1. The fourth-order valence-electron chi connectivity index (χ4n) is 3.03. The molecule has 2 heterocycles. The number of hydrogen-bond donors (Lipinski definition) is 1. The molecule has 0 radical (unpaired) electrons. The van der Waals surface area contributed by atoms with Gasteiger partial charge in [-0.3, -0.25) is 4.79 Å². The Kier molecular flexibility index (Phi) is 5.01. The van der Waals surface area contributed by atoms with Crippen molar-refractivity contribution in [2.45, 2.75) is 39.8 Å². The van der Waals surface area contributed by atoms with Crippen molar-refractivity contribution >= 4 is 11.6 Å². The quantitative estimate of drug-likeness (QED) is 0.887. The maximum Gasteiger partial charge on any atom is 0.264 e. The van der Waals surface area contributed by atoms with E-state index in [1.165, 1.54) is 12.1 Å². The van der Waals surface area contributed by atoms with Gasteiger partial charge in [-0.1, -0.05) is 24.2 Å². The highest BCUT2D eigenvalue weighted by atomic mass is 19.1. The van der Waals surface area contributed by atoms with Gasteiger partial charge in [-0.2, -0.15) is 5.10 Å². The predicted molar refractivity (Wildman–Crippen MR) is 94.2 cm³/mol. The third kappa shape index (κ3) is 3.58. The molecule has 3 atom stereocenters. The third-order valence-corrected chi connectivity index (χ3v) is 4.45. The van der Waals surface area contributed by atoms with Crippen molar-refractivity contribution in [2.75, 3.05) is 6.54 Å². The smallest absolute Gasteiger partial charge is 0.264 e. The standard InChI is InChI=1S/C18H22FN5O2/c1-10(24-13(4)21-12(3)22-24)9-20-18(25)17-11(2)16(23-26-17)14-5-7-15(19)8-6-14/h5-8,10-11,17H,9H2,1-4H3,(H,20,25)/t10-,11+,17-/m1/s1. The lowest BCUT2D eigenvalue weighted by Gasteiger charge is -2.18. The molecule has 1 aliphatic rings. The molecule has 0 unspecified atom stereocenters. The van der Waals surface area contributed by atoms with Crippen LogP contribution in [0.15, 0.2) is 29.4 Å². The molecule has 1 amide bonds. The number of amides is 1. The molecule has 26 heavy (non-hydrogen) atoms. The molecule has 1 aromatic heterocycles. The van der Waals surface area contributed by atoms with Crippen LogP contribution in [-0.2, 0) is 9.63 Å². The van der Waals surface area contributed by atoms with E-state index in [9.17, 15) is 9.18 Å². The first kappa shape index (κ1) is 18.0. The number of aromatic nitrogens is 3. The molecule has 0 aliphatic carbocycles. The minimum Gasteiger partial charge on any atom is -0.381 e. The first-order valence-corrected chi connectivity index (χ1v) is 8.54. The molecule has 0 saturated heterocycles. The molecule has 0 fully saturated rings. The number of oxime groups is 1. The Morgan fingerprint density at radius 3 is 2.65 bits per heavy atom. The van der Waals surface area contributed by atoms with E-state index in [-0.39, 0.29) is 23.7 Å². The summed E-state index contributed by atoms with van der Waals surface area (Å²) in [5.74, 6) is 0.719. The highest BCUT2D eigenvalue weighted by Crippen LogP contribution is 2.23. The van der Waals surface area contributed by atoms with Crippen LogP contribution in [0.4, 0.5) is 4.39 Å². The number of benzene rings is 1. The minimum atomic E-state index is -0.708. The number of carbonyl (C=O) groups is 1. The van der Waals surface area contributed by atoms with Crippen LogP contribution in [0.5, 0.6) is 0 Å². The second-order valence-electron chi connectivity index (χ2n) is 6.54. The minimum absolute atomic E-state index is 0.0330. The van der Waals surface area contributed by atoms with E-state index >= 15 is 0 Å². The number of rotatable bonds is 5. The molecule has 0 bridgehead atoms. The predicted octanol–water partition coefficient (Wildman–Crippen LogP) is 2.15. The Morgan fingerprint density at radius 2 is 2.04 bits per heavy atom. The third-order valence-electron chi connectivity index (χ3n) is 4.45. The van der Waals surface area contributed by atoms with Gasteiger partial charge in [-0.25, -0.2) is 14.1 Å². The molecule has 0 saturated carbocycles. The monoisotopic (exact) mass is 359 g/mol. The summed E-state index contributed by atoms with van der Waals surface area (Å²) in [5.41, 5.74) is 1.39. The van der Waals surface area contributed by atoms with E-state index in [2.05, 4.69) is 20.6 Å². The van der Waals surface area contributed by atoms with Crippen molar-refractivity contribution in [3.8, 4) is 0 Å². The average Bonchev–Trinajstić information content (AvgIpc) is 3.15. The first-order chi connectivity index (χ1) is 12.4. The molecule has 1 aromatic carbocycles. The summed E-state index contributed by atoms with van der Waals surface area (Å²) in [7, 11) is 0. The highest BCUT2D eigenvalue weighted by molar-refractivity contribution is 6.05. The van der Waals surface area contributed by atoms with Gasteiger partial charge in [0.15, 0.2) is 0 Å². The zero-order valence-corrected chi connectivity index (χ0v) is 15.2. The van der Waals surface area contributed by atoms with Gasteiger partial charge in [0.05, 0.1) is 17.7 Å². The van der Waals surface area contributed by atoms with Gasteiger partial charge in [0.25, 0.3) is 5.91 Å². The molecule has 8 heteroatoms. The SMILES string of the molecule is Cc1nc(C)n([C@H](C)CNC(=O)[C@@H]2ON=C(c3ccc(F)cc3)[C@@H]2C)n1. The second kappa shape index (κ2) is 7.23. The van der Waals surface area contributed by atoms with Gasteiger partial charge in [0, 0.05) is 6.54 Å². The van der Waals surface area contributed by atoms with E-state index in [1.54, 1.807) is 16.8 Å². The number of carbonyl (C=O) groups excluding carboxylic acids is 1. The fraction of sp³-hybridized carbons (Fsp3) is 0.444. The first-order valence-electron chi connectivity index (χ1n) is 8.54. The lowest BCUT2D eigenvalue weighted by atomic mass is 9.94. The number of nitrogens with zero attached hydrogens (tertiary/aromatic N) is 4. The van der Waals surface area contributed by atoms with Crippen molar-refractivity contribution in [2.24, 2.45) is 11.1 Å². The topological polar surface area (TPSA) is 81.4 Å². The Hall–Kier alpha value is -2.77. The Balaban J connectivity index is 1.59. The molecule has 1 aliphatic heterocycles. The number of nitrogens with one attached hydrogen (secondary N) is 1. The maximum atomic E-state index is 13.1. The van der Waals surface area contributed by atoms with E-state index in [0.717, 1.165) is 11.4 Å². The average molecular weight is 359 g/mol. The van der Waals surface area contributed by atoms with Crippen molar-refractivity contribution < 1.29 is 14.0 Å². The second-order valence-corrected chi connectivity index (χ2v) is 6.54. The van der Waals surface area contributed by atoms with E-state index in [1.807, 2.05) is 27.7 Å². The fourth-order valence-corrected chi connectivity index (χ4v) is 3.03. The molecular formula is C18H22FN5O2. The van der Waals surface area contributed by atoms with Gasteiger partial charge in [0.2, 0.25) is 6.10 Å². The summed E-state index contributed by atoms with van der Waals surface area (Å²) in [5, 5.41) is 11.2. The van der Waals surface area contributed by atoms with Crippen LogP contribution >= 0.6 is 0 Å². The largest absolute Gasteiger partial charge is 0.381 e. The van der Waals surface area contributed by atoms with Crippen molar-refractivity contribution in [1.29, 1.82) is 0 Å². The highest BCUT2D eigenvalue weighted by Gasteiger charge is 2.36. The number of hydrogen-bond acceptors (Lipinski definition) is 5. The lowest BCUT2D eigenvalue weighted by Crippen LogP contribution is -2.41. The van der Waals surface area contributed by atoms with Crippen LogP contribution in [0.25, 0.3) is 0 Å². The molecular weight excluding hydrogens is 337 g/mol. The van der Waals surface area contributed by atoms with Crippen molar-refractivity contribution in [1.82, 2.24) is 20.1 Å². The summed E-state index contributed by atoms with van der Waals surface area (Å²) in [6.07, 6.45) is -0.708. The molecule has 7 nitrogen and oxygen atoms in total. The zero-order valence-electron chi connectivity index (χ0n) is 15.2. The molecule has 2 aromatic rings. The zero-order chi connectivity index (χ0) is 18.8. The van der Waals surface area contributed by atoms with Crippen molar-refractivity contribution in [3.63, 3.8) is 0 Å². The maximum absolute atomic E-state index is 13.1. The summed E-state index contributed by atoms with van der Waals surface area (Å²) < 4.78 is 14.9. The van der Waals surface area contributed by atoms with Gasteiger partial charge in [0.1, 0.15) is 17.5 Å². The summed E-state index contributed by atoms with van der Waals surface area (Å²) >= 11 is 0. The summed E-state index contributed by atoms with van der Waals surface area (Å²) in [6.45, 7) is 7.94. The molecule has 0 spiro atoms. The van der Waals surface area contributed by atoms with Crippen LogP contribution in [0.2, 0.25) is 0 Å². The number of halogens is 1. The molecule has 3 rings (SSSR count). The Labute approximate surface area is 151 Å². The number of aryl methyl sites for hydroxylation is 2. The van der Waals surface area contributed by atoms with Gasteiger partial charge < -0.3 is 10.2 Å². The Bertz CT molecular complexity index is 831. The molecule has 138 valence electrons. The van der Waals surface area contributed by atoms with Crippen molar-refractivity contribution in [3.05, 3.63) is 47.3 Å². The lowest BCUT2D eigenvalue weighted by molar-refractivity contribution is -0.132. The van der Waals surface area contributed by atoms with E-state index < -0.39 is 6.10 Å². The summed E-state index contributed by atoms with van der Waals surface area (Å²) in [6, 6.07) is 5.96. The van der Waals surface area contributed by atoms with Crippen LogP contribution in [-0.4, -0.2) is 39.0 Å². The van der Waals surface area contributed by atoms with E-state index in [0.29, 0.717) is 18.1 Å². The Morgan fingerprint density at radius 1 is 1.35 bits per heavy atom. The van der Waals surface area contributed by atoms with E-state index in [4.69, 9.17) is 4.84 Å². The molecule has 1 N–H and O–H groups in total. The van der Waals surface area contributed by atoms with Crippen LogP contribution < -0.4 is 5.32 Å². The van der Waals surface area contributed by atoms with Crippen LogP contribution in [0.3, 0.4) is 0 Å².